The number of H-pyrrole nitrogens is 1. The van der Waals surface area contributed by atoms with Gasteiger partial charge in [0.15, 0.2) is 0 Å². The van der Waals surface area contributed by atoms with E-state index >= 15 is 0 Å². The van der Waals surface area contributed by atoms with Crippen molar-refractivity contribution >= 4 is 49.1 Å². The maximum atomic E-state index is 12.3. The van der Waals surface area contributed by atoms with E-state index in [1.165, 1.54) is 35.6 Å². The average molecular weight is 483 g/mol. The van der Waals surface area contributed by atoms with Crippen molar-refractivity contribution in [1.82, 2.24) is 20.6 Å². The summed E-state index contributed by atoms with van der Waals surface area (Å²) in [7, 11) is -3.69. The zero-order valence-electron chi connectivity index (χ0n) is 14.2. The molecule has 2 heterocycles. The predicted octanol–water partition coefficient (Wildman–Crippen LogP) is 2.39. The second-order valence-corrected chi connectivity index (χ2v) is 9.28. The number of halogens is 1. The van der Waals surface area contributed by atoms with Crippen LogP contribution in [0, 0.1) is 0 Å². The van der Waals surface area contributed by atoms with Gasteiger partial charge in [-0.2, -0.15) is 0 Å². The van der Waals surface area contributed by atoms with Gasteiger partial charge in [-0.3, -0.25) is 20.4 Å². The molecule has 11 heteroatoms. The maximum absolute atomic E-state index is 12.3. The summed E-state index contributed by atoms with van der Waals surface area (Å²) in [4.78, 5) is 27.7. The van der Waals surface area contributed by atoms with E-state index in [0.717, 1.165) is 4.88 Å². The molecule has 4 N–H and O–H groups in total. The lowest BCUT2D eigenvalue weighted by Gasteiger charge is -2.08. The number of carbonyl (C=O) groups is 2. The van der Waals surface area contributed by atoms with Gasteiger partial charge in [-0.15, -0.1) is 11.3 Å². The highest BCUT2D eigenvalue weighted by molar-refractivity contribution is 9.10. The number of nitrogens with one attached hydrogen (secondary N) is 4. The van der Waals surface area contributed by atoms with Crippen LogP contribution in [0.15, 0.2) is 63.4 Å². The first kappa shape index (κ1) is 20.3. The van der Waals surface area contributed by atoms with E-state index in [-0.39, 0.29) is 22.7 Å². The average Bonchev–Trinajstić information content (AvgIpc) is 3.36. The molecular weight excluding hydrogens is 468 g/mol. The molecule has 2 aromatic heterocycles. The Morgan fingerprint density at radius 3 is 2.39 bits per heavy atom. The van der Waals surface area contributed by atoms with Gasteiger partial charge >= 0.3 is 0 Å². The highest BCUT2D eigenvalue weighted by atomic mass is 79.9. The van der Waals surface area contributed by atoms with Gasteiger partial charge in [-0.25, -0.2) is 13.1 Å². The fraction of sp³-hybridized carbons (Fsp3) is 0.0588. The molecule has 0 radical (unpaired) electrons. The first-order chi connectivity index (χ1) is 13.3. The summed E-state index contributed by atoms with van der Waals surface area (Å²) in [6.45, 7) is 0.198. The minimum Gasteiger partial charge on any atom is -0.356 e. The van der Waals surface area contributed by atoms with Crippen LogP contribution in [0.1, 0.15) is 25.7 Å². The van der Waals surface area contributed by atoms with E-state index in [1.807, 2.05) is 17.5 Å². The van der Waals surface area contributed by atoms with Crippen molar-refractivity contribution in [1.29, 1.82) is 0 Å². The van der Waals surface area contributed by atoms with Crippen molar-refractivity contribution in [2.45, 2.75) is 11.4 Å². The summed E-state index contributed by atoms with van der Waals surface area (Å²) in [5.74, 6) is -1.09. The Bertz CT molecular complexity index is 1080. The maximum Gasteiger partial charge on any atom is 0.286 e. The lowest BCUT2D eigenvalue weighted by atomic mass is 10.2. The molecule has 0 aliphatic rings. The van der Waals surface area contributed by atoms with Crippen LogP contribution < -0.4 is 15.6 Å². The summed E-state index contributed by atoms with van der Waals surface area (Å²) in [6, 6.07) is 10.6. The van der Waals surface area contributed by atoms with Gasteiger partial charge in [-0.1, -0.05) is 6.07 Å². The first-order valence-corrected chi connectivity index (χ1v) is 11.1. The van der Waals surface area contributed by atoms with E-state index in [1.54, 1.807) is 12.3 Å². The minimum atomic E-state index is -3.69. The van der Waals surface area contributed by atoms with E-state index in [9.17, 15) is 18.0 Å². The SMILES string of the molecule is O=C(NNC(=O)c1cc(Br)c[nH]1)c1ccc(S(=O)(=O)NCc2cccs2)cc1. The number of hydrogen-bond acceptors (Lipinski definition) is 5. The second kappa shape index (κ2) is 8.69. The van der Waals surface area contributed by atoms with Crippen molar-refractivity contribution in [2.75, 3.05) is 0 Å². The van der Waals surface area contributed by atoms with E-state index in [2.05, 4.69) is 36.5 Å². The summed E-state index contributed by atoms with van der Waals surface area (Å²) in [5, 5.41) is 1.87. The van der Waals surface area contributed by atoms with Gasteiger partial charge in [0, 0.05) is 27.7 Å². The molecule has 0 fully saturated rings. The Morgan fingerprint density at radius 1 is 1.07 bits per heavy atom. The molecule has 0 saturated carbocycles. The van der Waals surface area contributed by atoms with Crippen LogP contribution in [0.2, 0.25) is 0 Å². The van der Waals surface area contributed by atoms with Gasteiger partial charge in [0.1, 0.15) is 5.69 Å². The van der Waals surface area contributed by atoms with Crippen LogP contribution in [0.25, 0.3) is 0 Å². The topological polar surface area (TPSA) is 120 Å². The summed E-state index contributed by atoms with van der Waals surface area (Å²) >= 11 is 4.66. The first-order valence-electron chi connectivity index (χ1n) is 7.92. The largest absolute Gasteiger partial charge is 0.356 e. The number of amides is 2. The van der Waals surface area contributed by atoms with Crippen LogP contribution in [-0.2, 0) is 16.6 Å². The molecule has 0 atom stereocenters. The Labute approximate surface area is 173 Å². The van der Waals surface area contributed by atoms with Crippen LogP contribution >= 0.6 is 27.3 Å². The standard InChI is InChI=1S/C17H15BrN4O4S2/c18-12-8-15(19-9-12)17(24)22-21-16(23)11-3-5-14(6-4-11)28(25,26)20-10-13-2-1-7-27-13/h1-9,19-20H,10H2,(H,21,23)(H,22,24). The quantitative estimate of drug-likeness (QED) is 0.403. The number of benzene rings is 1. The number of hydrogen-bond donors (Lipinski definition) is 4. The van der Waals surface area contributed by atoms with Gasteiger partial charge in [-0.05, 0) is 57.7 Å². The number of carbonyl (C=O) groups excluding carboxylic acids is 2. The smallest absolute Gasteiger partial charge is 0.286 e. The van der Waals surface area contributed by atoms with E-state index in [4.69, 9.17) is 0 Å². The van der Waals surface area contributed by atoms with Crippen molar-refractivity contribution in [3.63, 3.8) is 0 Å². The van der Waals surface area contributed by atoms with Crippen LogP contribution in [0.4, 0.5) is 0 Å². The molecule has 146 valence electrons. The second-order valence-electron chi connectivity index (χ2n) is 5.57. The summed E-state index contributed by atoms with van der Waals surface area (Å²) < 4.78 is 27.8. The van der Waals surface area contributed by atoms with Gasteiger partial charge in [0.2, 0.25) is 10.0 Å². The summed E-state index contributed by atoms with van der Waals surface area (Å²) in [6.07, 6.45) is 1.59. The Balaban J connectivity index is 1.58. The molecule has 3 rings (SSSR count). The summed E-state index contributed by atoms with van der Waals surface area (Å²) in [5.41, 5.74) is 5.01. The van der Waals surface area contributed by atoms with Crippen molar-refractivity contribution in [3.05, 3.63) is 74.6 Å². The van der Waals surface area contributed by atoms with Crippen LogP contribution in [-0.4, -0.2) is 25.2 Å². The van der Waals surface area contributed by atoms with Crippen molar-refractivity contribution in [3.8, 4) is 0 Å². The van der Waals surface area contributed by atoms with Crippen molar-refractivity contribution in [2.24, 2.45) is 0 Å². The number of sulfonamides is 1. The third-order valence-corrected chi connectivity index (χ3v) is 6.38. The fourth-order valence-electron chi connectivity index (χ4n) is 2.20. The number of aromatic nitrogens is 1. The Kier molecular flexibility index (Phi) is 6.29. The third kappa shape index (κ3) is 5.07. The molecule has 0 unspecified atom stereocenters. The van der Waals surface area contributed by atoms with Crippen molar-refractivity contribution < 1.29 is 18.0 Å². The molecule has 0 aliphatic heterocycles. The Morgan fingerprint density at radius 2 is 1.79 bits per heavy atom. The molecule has 28 heavy (non-hydrogen) atoms. The zero-order valence-corrected chi connectivity index (χ0v) is 17.4. The highest BCUT2D eigenvalue weighted by Crippen LogP contribution is 2.13. The lowest BCUT2D eigenvalue weighted by Crippen LogP contribution is -2.41. The molecule has 2 amide bonds. The van der Waals surface area contributed by atoms with Gasteiger partial charge in [0.25, 0.3) is 11.8 Å². The zero-order chi connectivity index (χ0) is 20.1. The van der Waals surface area contributed by atoms with E-state index in [0.29, 0.717) is 4.47 Å². The van der Waals surface area contributed by atoms with Gasteiger partial charge in [0.05, 0.1) is 4.90 Å². The number of aromatic amines is 1. The molecule has 8 nitrogen and oxygen atoms in total. The molecule has 0 spiro atoms. The van der Waals surface area contributed by atoms with E-state index < -0.39 is 21.8 Å². The molecular formula is C17H15BrN4O4S2. The minimum absolute atomic E-state index is 0.0425. The Hall–Kier alpha value is -2.47. The number of thiophene rings is 1. The molecule has 3 aromatic rings. The van der Waals surface area contributed by atoms with Crippen LogP contribution in [0.3, 0.4) is 0 Å². The number of rotatable bonds is 6. The molecule has 1 aromatic carbocycles. The molecule has 0 saturated heterocycles. The normalized spacial score (nSPS) is 11.2. The molecule has 0 bridgehead atoms. The van der Waals surface area contributed by atoms with Gasteiger partial charge < -0.3 is 4.98 Å². The lowest BCUT2D eigenvalue weighted by molar-refractivity contribution is 0.0844. The predicted molar refractivity (Wildman–Crippen MR) is 108 cm³/mol. The third-order valence-electron chi connectivity index (χ3n) is 3.63. The molecule has 0 aliphatic carbocycles. The number of hydrazine groups is 1. The fourth-order valence-corrected chi connectivity index (χ4v) is 4.29. The monoisotopic (exact) mass is 482 g/mol. The highest BCUT2D eigenvalue weighted by Gasteiger charge is 2.16. The van der Waals surface area contributed by atoms with Crippen LogP contribution in [0.5, 0.6) is 0 Å².